The number of H-pyrrole nitrogens is 1. The third-order valence-corrected chi connectivity index (χ3v) is 6.19. The number of aromatic amines is 1. The number of aromatic nitrogens is 1. The zero-order valence-corrected chi connectivity index (χ0v) is 16.4. The molecule has 1 saturated carbocycles. The van der Waals surface area contributed by atoms with Crippen molar-refractivity contribution in [3.63, 3.8) is 0 Å². The van der Waals surface area contributed by atoms with Gasteiger partial charge in [-0.2, -0.15) is 0 Å². The number of nitrogens with one attached hydrogen (secondary N) is 1. The van der Waals surface area contributed by atoms with E-state index in [0.29, 0.717) is 37.1 Å². The molecule has 154 valence electrons. The van der Waals surface area contributed by atoms with Gasteiger partial charge >= 0.3 is 5.97 Å². The van der Waals surface area contributed by atoms with Gasteiger partial charge in [0.15, 0.2) is 11.6 Å². The Morgan fingerprint density at radius 2 is 1.97 bits per heavy atom. The van der Waals surface area contributed by atoms with Crippen molar-refractivity contribution in [2.24, 2.45) is 5.92 Å². The van der Waals surface area contributed by atoms with Gasteiger partial charge in [-0.05, 0) is 48.2 Å². The third kappa shape index (κ3) is 3.05. The quantitative estimate of drug-likeness (QED) is 0.666. The maximum absolute atomic E-state index is 13.5. The normalized spacial score (nSPS) is 20.2. The first kappa shape index (κ1) is 18.8. The van der Waals surface area contributed by atoms with Gasteiger partial charge in [0.1, 0.15) is 0 Å². The molecule has 1 aliphatic carbocycles. The van der Waals surface area contributed by atoms with Gasteiger partial charge in [0.05, 0.1) is 12.7 Å². The highest BCUT2D eigenvalue weighted by molar-refractivity contribution is 5.96. The smallest absolute Gasteiger partial charge is 0.337 e. The fraction of sp³-hybridized carbons (Fsp3) is 0.304. The summed E-state index contributed by atoms with van der Waals surface area (Å²) >= 11 is 0. The first-order valence-corrected chi connectivity index (χ1v) is 9.92. The van der Waals surface area contributed by atoms with Crippen molar-refractivity contribution in [1.82, 2.24) is 9.88 Å². The summed E-state index contributed by atoms with van der Waals surface area (Å²) in [7, 11) is 1.35. The highest BCUT2D eigenvalue weighted by atomic mass is 19.2. The van der Waals surface area contributed by atoms with Crippen molar-refractivity contribution in [2.75, 3.05) is 13.7 Å². The second kappa shape index (κ2) is 6.93. The molecule has 2 aromatic carbocycles. The number of fused-ring (bicyclic) bond motifs is 3. The molecule has 0 radical (unpaired) electrons. The lowest BCUT2D eigenvalue weighted by atomic mass is 10.0. The minimum Gasteiger partial charge on any atom is -0.465 e. The van der Waals surface area contributed by atoms with Gasteiger partial charge in [0.25, 0.3) is 0 Å². The first-order valence-electron chi connectivity index (χ1n) is 9.92. The molecule has 1 N–H and O–H groups in total. The van der Waals surface area contributed by atoms with Crippen molar-refractivity contribution >= 4 is 22.8 Å². The molecule has 1 amide bonds. The lowest BCUT2D eigenvalue weighted by Gasteiger charge is -2.27. The minimum absolute atomic E-state index is 0.0360. The van der Waals surface area contributed by atoms with E-state index >= 15 is 0 Å². The zero-order valence-electron chi connectivity index (χ0n) is 16.4. The van der Waals surface area contributed by atoms with Crippen LogP contribution in [0.5, 0.6) is 0 Å². The first-order chi connectivity index (χ1) is 14.5. The van der Waals surface area contributed by atoms with Crippen LogP contribution in [0.25, 0.3) is 10.9 Å². The predicted molar refractivity (Wildman–Crippen MR) is 106 cm³/mol. The van der Waals surface area contributed by atoms with E-state index in [1.165, 1.54) is 13.2 Å². The lowest BCUT2D eigenvalue weighted by molar-refractivity contribution is -0.133. The minimum atomic E-state index is -0.881. The molecule has 3 aromatic rings. The van der Waals surface area contributed by atoms with Crippen LogP contribution in [-0.2, 0) is 22.5 Å². The summed E-state index contributed by atoms with van der Waals surface area (Å²) in [5.41, 5.74) is 4.15. The monoisotopic (exact) mass is 410 g/mol. The number of rotatable bonds is 3. The largest absolute Gasteiger partial charge is 0.465 e. The lowest BCUT2D eigenvalue weighted by Crippen LogP contribution is -2.37. The van der Waals surface area contributed by atoms with E-state index in [1.807, 2.05) is 11.0 Å². The van der Waals surface area contributed by atoms with Crippen LogP contribution in [0, 0.1) is 17.6 Å². The van der Waals surface area contributed by atoms with Crippen LogP contribution in [-0.4, -0.2) is 35.4 Å². The van der Waals surface area contributed by atoms with E-state index in [9.17, 15) is 18.4 Å². The number of ether oxygens (including phenoxy) is 1. The molecule has 2 unspecified atom stereocenters. The van der Waals surface area contributed by atoms with Gasteiger partial charge in [0, 0.05) is 47.6 Å². The Balaban J connectivity index is 1.37. The number of benzene rings is 2. The van der Waals surface area contributed by atoms with Gasteiger partial charge in [-0.15, -0.1) is 0 Å². The number of nitrogens with zero attached hydrogens (tertiary/aromatic N) is 1. The Bertz CT molecular complexity index is 1190. The van der Waals surface area contributed by atoms with Crippen LogP contribution >= 0.6 is 0 Å². The highest BCUT2D eigenvalue weighted by Crippen LogP contribution is 2.49. The number of hydrogen-bond donors (Lipinski definition) is 1. The molecular weight excluding hydrogens is 390 g/mol. The van der Waals surface area contributed by atoms with E-state index in [2.05, 4.69) is 4.98 Å². The van der Waals surface area contributed by atoms with Crippen LogP contribution in [0.4, 0.5) is 8.78 Å². The molecule has 1 fully saturated rings. The molecule has 0 saturated heterocycles. The van der Waals surface area contributed by atoms with Crippen molar-refractivity contribution < 1.29 is 23.1 Å². The maximum atomic E-state index is 13.5. The van der Waals surface area contributed by atoms with Crippen LogP contribution in [0.3, 0.4) is 0 Å². The number of methoxy groups -OCH3 is 1. The molecule has 5 rings (SSSR count). The molecule has 7 heteroatoms. The Morgan fingerprint density at radius 1 is 1.13 bits per heavy atom. The van der Waals surface area contributed by atoms with Crippen molar-refractivity contribution in [3.8, 4) is 0 Å². The van der Waals surface area contributed by atoms with E-state index in [1.54, 1.807) is 18.2 Å². The fourth-order valence-corrected chi connectivity index (χ4v) is 4.46. The zero-order chi connectivity index (χ0) is 21.0. The summed E-state index contributed by atoms with van der Waals surface area (Å²) in [6, 6.07) is 9.23. The maximum Gasteiger partial charge on any atom is 0.337 e. The number of amides is 1. The molecule has 2 heterocycles. The van der Waals surface area contributed by atoms with Crippen LogP contribution < -0.4 is 0 Å². The van der Waals surface area contributed by atoms with Gasteiger partial charge in [-0.3, -0.25) is 4.79 Å². The van der Waals surface area contributed by atoms with Crippen molar-refractivity contribution in [3.05, 3.63) is 70.4 Å². The Labute approximate surface area is 171 Å². The van der Waals surface area contributed by atoms with E-state index < -0.39 is 17.6 Å². The van der Waals surface area contributed by atoms with Crippen molar-refractivity contribution in [2.45, 2.75) is 25.3 Å². The SMILES string of the molecule is COC(=O)c1ccc2[nH]c3c(c2c1)CN(C(=O)C1CC1c1ccc(F)c(F)c1)CC3. The molecule has 0 spiro atoms. The van der Waals surface area contributed by atoms with E-state index in [0.717, 1.165) is 28.2 Å². The van der Waals surface area contributed by atoms with Crippen LogP contribution in [0.1, 0.15) is 39.5 Å². The molecule has 30 heavy (non-hydrogen) atoms. The Morgan fingerprint density at radius 3 is 2.73 bits per heavy atom. The van der Waals surface area contributed by atoms with Gasteiger partial charge in [-0.25, -0.2) is 13.6 Å². The number of halogens is 2. The molecular formula is C23H20F2N2O3. The molecule has 2 atom stereocenters. The molecule has 1 aromatic heterocycles. The van der Waals surface area contributed by atoms with E-state index in [-0.39, 0.29) is 17.7 Å². The predicted octanol–water partition coefficient (Wildman–Crippen LogP) is 3.92. The molecule has 0 bridgehead atoms. The summed E-state index contributed by atoms with van der Waals surface area (Å²) in [5.74, 6) is -2.39. The van der Waals surface area contributed by atoms with Gasteiger partial charge in [0.2, 0.25) is 5.91 Å². The highest BCUT2D eigenvalue weighted by Gasteiger charge is 2.46. The summed E-state index contributed by atoms with van der Waals surface area (Å²) in [4.78, 5) is 30.2. The van der Waals surface area contributed by atoms with Crippen LogP contribution in [0.15, 0.2) is 36.4 Å². The molecule has 5 nitrogen and oxygen atoms in total. The van der Waals surface area contributed by atoms with E-state index in [4.69, 9.17) is 4.74 Å². The fourth-order valence-electron chi connectivity index (χ4n) is 4.46. The van der Waals surface area contributed by atoms with Gasteiger partial charge in [-0.1, -0.05) is 6.07 Å². The standard InChI is InChI=1S/C23H20F2N2O3/c1-30-23(29)13-3-5-20-15(8-13)17-11-27(7-6-21(17)26-20)22(28)16-10-14(16)12-2-4-18(24)19(25)9-12/h2-5,8-9,14,16,26H,6-7,10-11H2,1H3. The topological polar surface area (TPSA) is 62.4 Å². The Hall–Kier alpha value is -3.22. The number of carbonyl (C=O) groups is 2. The molecule has 2 aliphatic rings. The third-order valence-electron chi connectivity index (χ3n) is 6.19. The summed E-state index contributed by atoms with van der Waals surface area (Å²) in [6.07, 6.45) is 1.35. The summed E-state index contributed by atoms with van der Waals surface area (Å²) in [6.45, 7) is 1.06. The second-order valence-corrected chi connectivity index (χ2v) is 7.97. The van der Waals surface area contributed by atoms with Gasteiger partial charge < -0.3 is 14.6 Å². The second-order valence-electron chi connectivity index (χ2n) is 7.97. The Kier molecular flexibility index (Phi) is 4.34. The summed E-state index contributed by atoms with van der Waals surface area (Å²) < 4.78 is 31.5. The molecule has 1 aliphatic heterocycles. The number of esters is 1. The summed E-state index contributed by atoms with van der Waals surface area (Å²) in [5, 5.41) is 0.915. The number of hydrogen-bond acceptors (Lipinski definition) is 3. The van der Waals surface area contributed by atoms with Crippen molar-refractivity contribution in [1.29, 1.82) is 0 Å². The average molecular weight is 410 g/mol. The average Bonchev–Trinajstić information content (AvgIpc) is 3.48. The number of carbonyl (C=O) groups excluding carboxylic acids is 2. The van der Waals surface area contributed by atoms with Crippen LogP contribution in [0.2, 0.25) is 0 Å².